The summed E-state index contributed by atoms with van der Waals surface area (Å²) in [5.74, 6) is 1.06. The van der Waals surface area contributed by atoms with Crippen LogP contribution in [0.5, 0.6) is 0 Å². The van der Waals surface area contributed by atoms with Crippen molar-refractivity contribution in [3.05, 3.63) is 0 Å². The average molecular weight is 459 g/mol. The second-order valence-electron chi connectivity index (χ2n) is 9.15. The minimum Gasteiger partial charge on any atom is -0.378 e. The molecule has 2 rings (SSSR count). The predicted octanol–water partition coefficient (Wildman–Crippen LogP) is 2.03. The van der Waals surface area contributed by atoms with E-state index in [4.69, 9.17) is 9.47 Å². The molecule has 2 fully saturated rings. The van der Waals surface area contributed by atoms with Gasteiger partial charge in [0.1, 0.15) is 0 Å². The first kappa shape index (κ1) is 26.2. The van der Waals surface area contributed by atoms with Gasteiger partial charge in [-0.1, -0.05) is 6.42 Å². The quantitative estimate of drug-likeness (QED) is 0.209. The molecule has 0 aromatic heterocycles. The third-order valence-corrected chi connectivity index (χ3v) is 7.41. The first-order valence-electron chi connectivity index (χ1n) is 11.7. The van der Waals surface area contributed by atoms with Crippen molar-refractivity contribution < 1.29 is 19.1 Å². The number of thioether (sulfide) groups is 1. The third-order valence-electron chi connectivity index (χ3n) is 5.91. The molecule has 2 saturated heterocycles. The lowest BCUT2D eigenvalue weighted by Crippen LogP contribution is -2.36. The van der Waals surface area contributed by atoms with Gasteiger partial charge >= 0.3 is 6.03 Å². The lowest BCUT2D eigenvalue weighted by molar-refractivity contribution is -0.122. The molecule has 2 aliphatic heterocycles. The molecule has 2 heterocycles. The fraction of sp³-hybridized carbons (Fsp3) is 0.909. The second kappa shape index (κ2) is 13.5. The van der Waals surface area contributed by atoms with Gasteiger partial charge < -0.3 is 30.7 Å². The molecule has 0 aliphatic carbocycles. The van der Waals surface area contributed by atoms with Crippen LogP contribution in [0.3, 0.4) is 0 Å². The number of hydrogen-bond acceptors (Lipinski definition) is 6. The molecule has 8 nitrogen and oxygen atoms in total. The molecule has 0 aromatic rings. The molecule has 9 heteroatoms. The normalized spacial score (nSPS) is 23.9. The Balaban J connectivity index is 1.46. The third kappa shape index (κ3) is 9.97. The average Bonchev–Trinajstić information content (AvgIpc) is 3.26. The fourth-order valence-electron chi connectivity index (χ4n) is 3.89. The Morgan fingerprint density at radius 1 is 1.26 bits per heavy atom. The van der Waals surface area contributed by atoms with Crippen LogP contribution in [-0.4, -0.2) is 80.1 Å². The first-order chi connectivity index (χ1) is 14.8. The minimum absolute atomic E-state index is 0.0447. The van der Waals surface area contributed by atoms with Crippen molar-refractivity contribution in [3.8, 4) is 0 Å². The summed E-state index contributed by atoms with van der Waals surface area (Å²) in [6, 6.07) is 0.467. The highest BCUT2D eigenvalue weighted by Gasteiger charge is 2.42. The molecule has 0 aromatic carbocycles. The number of unbranched alkanes of at least 4 members (excludes halogenated alkanes) is 1. The summed E-state index contributed by atoms with van der Waals surface area (Å²) < 4.78 is 11.8. The summed E-state index contributed by atoms with van der Waals surface area (Å²) in [6.07, 6.45) is 5.51. The molecule has 31 heavy (non-hydrogen) atoms. The standard InChI is InChI=1S/C22H42N4O4S/c1-16(9-11-23-4)29-13-10-22(2,3)30-14-12-24-19(27)8-6-5-7-18-20-17(15-31-18)25-21(28)26-20/h16-18,20,23H,5-15H2,1-4H3,(H,24,27)(H2,25,26,28)/t16?,17-,18-,20-/m0/s1. The maximum atomic E-state index is 12.1. The zero-order valence-electron chi connectivity index (χ0n) is 19.6. The minimum atomic E-state index is -0.269. The van der Waals surface area contributed by atoms with Crippen LogP contribution >= 0.6 is 11.8 Å². The Morgan fingerprint density at radius 3 is 2.84 bits per heavy atom. The largest absolute Gasteiger partial charge is 0.378 e. The van der Waals surface area contributed by atoms with Crippen molar-refractivity contribution in [2.75, 3.05) is 39.1 Å². The van der Waals surface area contributed by atoms with Crippen LogP contribution in [0.25, 0.3) is 0 Å². The molecule has 3 amide bonds. The van der Waals surface area contributed by atoms with Gasteiger partial charge in [0.25, 0.3) is 0 Å². The first-order valence-corrected chi connectivity index (χ1v) is 12.7. The monoisotopic (exact) mass is 458 g/mol. The summed E-state index contributed by atoms with van der Waals surface area (Å²) in [5.41, 5.74) is -0.269. The summed E-state index contributed by atoms with van der Waals surface area (Å²) in [4.78, 5) is 23.5. The van der Waals surface area contributed by atoms with E-state index in [2.05, 4.69) is 42.0 Å². The highest BCUT2D eigenvalue weighted by atomic mass is 32.2. The van der Waals surface area contributed by atoms with E-state index in [0.717, 1.165) is 44.4 Å². The van der Waals surface area contributed by atoms with Crippen molar-refractivity contribution in [1.29, 1.82) is 0 Å². The maximum Gasteiger partial charge on any atom is 0.315 e. The van der Waals surface area contributed by atoms with Crippen LogP contribution in [0.2, 0.25) is 0 Å². The van der Waals surface area contributed by atoms with E-state index >= 15 is 0 Å². The maximum absolute atomic E-state index is 12.1. The van der Waals surface area contributed by atoms with Crippen molar-refractivity contribution in [2.45, 2.75) is 88.3 Å². The number of urea groups is 1. The van der Waals surface area contributed by atoms with Crippen LogP contribution in [0.1, 0.15) is 59.3 Å². The number of fused-ring (bicyclic) bond motifs is 1. The number of hydrogen-bond donors (Lipinski definition) is 4. The lowest BCUT2D eigenvalue weighted by atomic mass is 10.0. The van der Waals surface area contributed by atoms with E-state index in [1.54, 1.807) is 0 Å². The van der Waals surface area contributed by atoms with Crippen LogP contribution < -0.4 is 21.3 Å². The van der Waals surface area contributed by atoms with Gasteiger partial charge in [-0.15, -0.1) is 0 Å². The van der Waals surface area contributed by atoms with Gasteiger partial charge in [-0.2, -0.15) is 11.8 Å². The number of carbonyl (C=O) groups excluding carboxylic acids is 2. The Labute approximate surface area is 191 Å². The molecule has 2 aliphatic rings. The van der Waals surface area contributed by atoms with Gasteiger partial charge in [0, 0.05) is 30.6 Å². The topological polar surface area (TPSA) is 101 Å². The van der Waals surface area contributed by atoms with Gasteiger partial charge in [0.05, 0.1) is 30.4 Å². The van der Waals surface area contributed by atoms with Gasteiger partial charge in [-0.25, -0.2) is 4.79 Å². The SMILES string of the molecule is CNCCC(C)OCCC(C)(C)OCCNC(=O)CCCC[C@@H]1SC[C@@H]2NC(=O)N[C@@H]21. The molecular weight excluding hydrogens is 416 g/mol. The summed E-state index contributed by atoms with van der Waals surface area (Å²) in [6.45, 7) is 8.87. The van der Waals surface area contributed by atoms with E-state index in [-0.39, 0.29) is 35.7 Å². The van der Waals surface area contributed by atoms with Crippen molar-refractivity contribution in [3.63, 3.8) is 0 Å². The molecule has 0 spiro atoms. The van der Waals surface area contributed by atoms with E-state index in [1.807, 2.05) is 18.8 Å². The fourth-order valence-corrected chi connectivity index (χ4v) is 5.43. The van der Waals surface area contributed by atoms with Crippen molar-refractivity contribution in [1.82, 2.24) is 21.3 Å². The number of amides is 3. The second-order valence-corrected chi connectivity index (χ2v) is 10.4. The molecular formula is C22H42N4O4S. The van der Waals surface area contributed by atoms with Crippen molar-refractivity contribution in [2.24, 2.45) is 0 Å². The number of carbonyl (C=O) groups is 2. The van der Waals surface area contributed by atoms with E-state index < -0.39 is 0 Å². The predicted molar refractivity (Wildman–Crippen MR) is 126 cm³/mol. The van der Waals surface area contributed by atoms with E-state index in [9.17, 15) is 9.59 Å². The molecule has 180 valence electrons. The highest BCUT2D eigenvalue weighted by Crippen LogP contribution is 2.33. The highest BCUT2D eigenvalue weighted by molar-refractivity contribution is 8.00. The summed E-state index contributed by atoms with van der Waals surface area (Å²) >= 11 is 1.92. The Bertz CT molecular complexity index is 564. The van der Waals surface area contributed by atoms with Crippen LogP contribution in [0.15, 0.2) is 0 Å². The lowest BCUT2D eigenvalue weighted by Gasteiger charge is -2.26. The Hall–Kier alpha value is -1.03. The smallest absolute Gasteiger partial charge is 0.315 e. The molecule has 1 unspecified atom stereocenters. The zero-order valence-corrected chi connectivity index (χ0v) is 20.4. The van der Waals surface area contributed by atoms with Crippen LogP contribution in [0.4, 0.5) is 4.79 Å². The molecule has 4 atom stereocenters. The Kier molecular flexibility index (Phi) is 11.4. The summed E-state index contributed by atoms with van der Waals surface area (Å²) in [5, 5.41) is 12.5. The number of nitrogens with one attached hydrogen (secondary N) is 4. The number of rotatable bonds is 16. The molecule has 0 saturated carbocycles. The van der Waals surface area contributed by atoms with Gasteiger partial charge in [0.2, 0.25) is 5.91 Å². The Morgan fingerprint density at radius 2 is 2.06 bits per heavy atom. The van der Waals surface area contributed by atoms with Crippen LogP contribution in [0, 0.1) is 0 Å². The van der Waals surface area contributed by atoms with Crippen LogP contribution in [-0.2, 0) is 14.3 Å². The zero-order chi connectivity index (χ0) is 22.7. The van der Waals surface area contributed by atoms with Gasteiger partial charge in [0.15, 0.2) is 0 Å². The number of ether oxygens (including phenoxy) is 2. The summed E-state index contributed by atoms with van der Waals surface area (Å²) in [7, 11) is 1.95. The van der Waals surface area contributed by atoms with E-state index in [1.165, 1.54) is 0 Å². The molecule has 0 radical (unpaired) electrons. The molecule has 0 bridgehead atoms. The van der Waals surface area contributed by atoms with E-state index in [0.29, 0.717) is 31.4 Å². The van der Waals surface area contributed by atoms with Gasteiger partial charge in [-0.3, -0.25) is 4.79 Å². The van der Waals surface area contributed by atoms with Gasteiger partial charge in [-0.05, 0) is 60.0 Å². The molecule has 4 N–H and O–H groups in total. The van der Waals surface area contributed by atoms with Crippen molar-refractivity contribution >= 4 is 23.7 Å².